The van der Waals surface area contributed by atoms with E-state index in [0.717, 1.165) is 19.3 Å². The minimum absolute atomic E-state index is 0.141. The predicted molar refractivity (Wildman–Crippen MR) is 97.9 cm³/mol. The highest BCUT2D eigenvalue weighted by Gasteiger charge is 2.36. The van der Waals surface area contributed by atoms with Crippen molar-refractivity contribution in [3.8, 4) is 0 Å². The minimum Gasteiger partial charge on any atom is -0.381 e. The van der Waals surface area contributed by atoms with Gasteiger partial charge in [0.05, 0.1) is 10.4 Å². The largest absolute Gasteiger partial charge is 0.381 e. The molecule has 3 N–H and O–H groups in total. The number of nitrogens with two attached hydrogens (primary N) is 1. The Bertz CT molecular complexity index is 739. The lowest BCUT2D eigenvalue weighted by atomic mass is 9.90. The number of nitrogens with one attached hydrogen (secondary N) is 1. The Hall–Kier alpha value is -1.48. The summed E-state index contributed by atoms with van der Waals surface area (Å²) in [6.45, 7) is 2.17. The van der Waals surface area contributed by atoms with Crippen molar-refractivity contribution < 1.29 is 17.9 Å². The van der Waals surface area contributed by atoms with Crippen LogP contribution in [0.2, 0.25) is 0 Å². The molecule has 0 atom stereocenters. The van der Waals surface area contributed by atoms with Gasteiger partial charge in [-0.3, -0.25) is 4.79 Å². The van der Waals surface area contributed by atoms with Crippen molar-refractivity contribution in [3.05, 3.63) is 29.8 Å². The van der Waals surface area contributed by atoms with Gasteiger partial charge >= 0.3 is 0 Å². The van der Waals surface area contributed by atoms with Crippen molar-refractivity contribution in [3.63, 3.8) is 0 Å². The summed E-state index contributed by atoms with van der Waals surface area (Å²) in [5.41, 5.74) is 5.83. The Morgan fingerprint density at radius 3 is 2.50 bits per heavy atom. The first-order valence-electron chi connectivity index (χ1n) is 9.16. The Balaban J connectivity index is 1.74. The van der Waals surface area contributed by atoms with Crippen molar-refractivity contribution in [2.24, 2.45) is 5.73 Å². The van der Waals surface area contributed by atoms with E-state index in [2.05, 4.69) is 5.32 Å². The molecule has 0 radical (unpaired) electrons. The van der Waals surface area contributed by atoms with Crippen LogP contribution in [-0.2, 0) is 26.1 Å². The Kier molecular flexibility index (Phi) is 5.96. The third-order valence-electron chi connectivity index (χ3n) is 5.18. The van der Waals surface area contributed by atoms with Crippen LogP contribution in [0.3, 0.4) is 0 Å². The SMILES string of the molecule is NC1(C(=O)NCc2ccccc2S(=O)(=O)N2CCCCC2)CCOCC1. The van der Waals surface area contributed by atoms with Crippen molar-refractivity contribution in [2.75, 3.05) is 26.3 Å². The Morgan fingerprint density at radius 2 is 1.81 bits per heavy atom. The maximum absolute atomic E-state index is 13.0. The summed E-state index contributed by atoms with van der Waals surface area (Å²) in [5.74, 6) is -0.258. The highest BCUT2D eigenvalue weighted by Crippen LogP contribution is 2.24. The summed E-state index contributed by atoms with van der Waals surface area (Å²) in [6.07, 6.45) is 3.76. The molecule has 2 heterocycles. The molecule has 0 spiro atoms. The molecular formula is C18H27N3O4S. The van der Waals surface area contributed by atoms with E-state index in [4.69, 9.17) is 10.5 Å². The second-order valence-electron chi connectivity index (χ2n) is 7.02. The number of ether oxygens (including phenoxy) is 1. The zero-order chi connectivity index (χ0) is 18.6. The molecule has 26 heavy (non-hydrogen) atoms. The van der Waals surface area contributed by atoms with Crippen LogP contribution in [-0.4, -0.2) is 50.5 Å². The van der Waals surface area contributed by atoms with Gasteiger partial charge in [0.15, 0.2) is 0 Å². The van der Waals surface area contributed by atoms with Gasteiger partial charge in [-0.15, -0.1) is 0 Å². The first-order chi connectivity index (χ1) is 12.4. The third kappa shape index (κ3) is 4.09. The average molecular weight is 381 g/mol. The fourth-order valence-corrected chi connectivity index (χ4v) is 5.20. The molecule has 0 saturated carbocycles. The van der Waals surface area contributed by atoms with Crippen LogP contribution >= 0.6 is 0 Å². The molecular weight excluding hydrogens is 354 g/mol. The summed E-state index contributed by atoms with van der Waals surface area (Å²) in [5, 5.41) is 2.82. The van der Waals surface area contributed by atoms with Crippen molar-refractivity contribution >= 4 is 15.9 Å². The van der Waals surface area contributed by atoms with Gasteiger partial charge in [-0.05, 0) is 37.3 Å². The number of piperidine rings is 1. The molecule has 2 aliphatic heterocycles. The topological polar surface area (TPSA) is 102 Å². The molecule has 8 heteroatoms. The van der Waals surface area contributed by atoms with E-state index < -0.39 is 15.6 Å². The Labute approximate surface area is 154 Å². The molecule has 144 valence electrons. The number of benzene rings is 1. The molecule has 0 aromatic heterocycles. The first kappa shape index (κ1) is 19.3. The summed E-state index contributed by atoms with van der Waals surface area (Å²) in [6, 6.07) is 6.84. The van der Waals surface area contributed by atoms with E-state index in [1.54, 1.807) is 28.6 Å². The van der Waals surface area contributed by atoms with Gasteiger partial charge < -0.3 is 15.8 Å². The van der Waals surface area contributed by atoms with E-state index in [1.165, 1.54) is 0 Å². The standard InChI is InChI=1S/C18H27N3O4S/c19-18(8-12-25-13-9-18)17(22)20-14-15-6-2-3-7-16(15)26(23,24)21-10-4-1-5-11-21/h2-3,6-7H,1,4-5,8-14,19H2,(H,20,22). The van der Waals surface area contributed by atoms with Crippen LogP contribution in [0.5, 0.6) is 0 Å². The first-order valence-corrected chi connectivity index (χ1v) is 10.6. The molecule has 0 bridgehead atoms. The summed E-state index contributed by atoms with van der Waals surface area (Å²) in [4.78, 5) is 12.8. The normalized spacial score (nSPS) is 21.3. The predicted octanol–water partition coefficient (Wildman–Crippen LogP) is 0.985. The fraction of sp³-hybridized carbons (Fsp3) is 0.611. The van der Waals surface area contributed by atoms with Gasteiger partial charge in [0.25, 0.3) is 0 Å². The van der Waals surface area contributed by atoms with Crippen LogP contribution in [0, 0.1) is 0 Å². The molecule has 1 aromatic rings. The number of nitrogens with zero attached hydrogens (tertiary/aromatic N) is 1. The van der Waals surface area contributed by atoms with Crippen LogP contribution < -0.4 is 11.1 Å². The van der Waals surface area contributed by atoms with Gasteiger partial charge in [0.2, 0.25) is 15.9 Å². The van der Waals surface area contributed by atoms with Crippen LogP contribution in [0.1, 0.15) is 37.7 Å². The summed E-state index contributed by atoms with van der Waals surface area (Å²) >= 11 is 0. The molecule has 0 aliphatic carbocycles. The lowest BCUT2D eigenvalue weighted by molar-refractivity contribution is -0.129. The number of amides is 1. The molecule has 7 nitrogen and oxygen atoms in total. The third-order valence-corrected chi connectivity index (χ3v) is 7.18. The monoisotopic (exact) mass is 381 g/mol. The fourth-order valence-electron chi connectivity index (χ4n) is 3.46. The van der Waals surface area contributed by atoms with E-state index in [0.29, 0.717) is 44.7 Å². The lowest BCUT2D eigenvalue weighted by Crippen LogP contribution is -2.56. The Morgan fingerprint density at radius 1 is 1.15 bits per heavy atom. The quantitative estimate of drug-likeness (QED) is 0.792. The van der Waals surface area contributed by atoms with Gasteiger partial charge in [0.1, 0.15) is 0 Å². The number of hydrogen-bond acceptors (Lipinski definition) is 5. The number of hydrogen-bond donors (Lipinski definition) is 2. The van der Waals surface area contributed by atoms with E-state index in [9.17, 15) is 13.2 Å². The summed E-state index contributed by atoms with van der Waals surface area (Å²) < 4.78 is 32.8. The second-order valence-corrected chi connectivity index (χ2v) is 8.93. The number of carbonyl (C=O) groups excluding carboxylic acids is 1. The van der Waals surface area contributed by atoms with E-state index in [-0.39, 0.29) is 17.3 Å². The molecule has 1 amide bonds. The smallest absolute Gasteiger partial charge is 0.243 e. The van der Waals surface area contributed by atoms with Crippen LogP contribution in [0.25, 0.3) is 0 Å². The minimum atomic E-state index is -3.55. The highest BCUT2D eigenvalue weighted by molar-refractivity contribution is 7.89. The number of rotatable bonds is 5. The van der Waals surface area contributed by atoms with E-state index >= 15 is 0 Å². The second kappa shape index (κ2) is 8.04. The van der Waals surface area contributed by atoms with Crippen LogP contribution in [0.4, 0.5) is 0 Å². The molecule has 2 aliphatic rings. The molecule has 2 saturated heterocycles. The molecule has 1 aromatic carbocycles. The van der Waals surface area contributed by atoms with E-state index in [1.807, 2.05) is 0 Å². The van der Waals surface area contributed by atoms with Crippen molar-refractivity contribution in [2.45, 2.75) is 49.1 Å². The summed E-state index contributed by atoms with van der Waals surface area (Å²) in [7, 11) is -3.55. The lowest BCUT2D eigenvalue weighted by Gasteiger charge is -2.32. The zero-order valence-corrected chi connectivity index (χ0v) is 15.8. The zero-order valence-electron chi connectivity index (χ0n) is 14.9. The van der Waals surface area contributed by atoms with Gasteiger partial charge in [-0.1, -0.05) is 24.6 Å². The van der Waals surface area contributed by atoms with Gasteiger partial charge in [-0.2, -0.15) is 4.31 Å². The van der Waals surface area contributed by atoms with Crippen molar-refractivity contribution in [1.29, 1.82) is 0 Å². The highest BCUT2D eigenvalue weighted by atomic mass is 32.2. The number of sulfonamides is 1. The van der Waals surface area contributed by atoms with Crippen molar-refractivity contribution in [1.82, 2.24) is 9.62 Å². The van der Waals surface area contributed by atoms with Gasteiger partial charge in [0, 0.05) is 32.8 Å². The molecule has 2 fully saturated rings. The van der Waals surface area contributed by atoms with Gasteiger partial charge in [-0.25, -0.2) is 8.42 Å². The number of carbonyl (C=O) groups is 1. The molecule has 3 rings (SSSR count). The molecule has 0 unspecified atom stereocenters. The average Bonchev–Trinajstić information content (AvgIpc) is 2.67. The maximum atomic E-state index is 13.0. The maximum Gasteiger partial charge on any atom is 0.243 e. The van der Waals surface area contributed by atoms with Crippen LogP contribution in [0.15, 0.2) is 29.2 Å².